The minimum absolute atomic E-state index is 0.0376. The number of carbonyl (C=O) groups is 3. The molecule has 6 aliphatic rings. The average Bonchev–Trinajstić information content (AvgIpc) is 3.38. The van der Waals surface area contributed by atoms with Crippen molar-refractivity contribution in [3.05, 3.63) is 44.5 Å². The number of allylic oxidation sites excluding steroid dienone is 1. The maximum atomic E-state index is 16.4. The summed E-state index contributed by atoms with van der Waals surface area (Å²) in [7, 11) is 2.02. The molecule has 0 bridgehead atoms. The molecule has 2 N–H and O–H groups in total. The summed E-state index contributed by atoms with van der Waals surface area (Å²) in [6.45, 7) is 14.9. The number of ketones is 2. The molecule has 2 aromatic rings. The molecular formula is C43H56FN3O8. The molecule has 3 heterocycles. The fourth-order valence-corrected chi connectivity index (χ4v) is 12.3. The van der Waals surface area contributed by atoms with Crippen molar-refractivity contribution in [3.63, 3.8) is 0 Å². The number of piperazine rings is 1. The number of halogens is 1. The van der Waals surface area contributed by atoms with Crippen LogP contribution >= 0.6 is 0 Å². The SMILES string of the molecule is Cc1c(F)c(N2CCN(C)CC2)c2c3c1c(=O)c(C(=O)OC(C)(C)C(=O)[C@@]1(O)CC[C@H]4[C@@H]5CCC6=CC(=O)CC[C@]6(C)[C@H]5[C@@H](O)C[C@@]41C)c(C)n3[C@@H](C)CO2. The van der Waals surface area contributed by atoms with Crippen LogP contribution in [-0.2, 0) is 14.3 Å². The van der Waals surface area contributed by atoms with E-state index in [4.69, 9.17) is 9.47 Å². The minimum Gasteiger partial charge on any atom is -0.487 e. The molecule has 4 fully saturated rings. The van der Waals surface area contributed by atoms with E-state index in [0.717, 1.165) is 31.5 Å². The van der Waals surface area contributed by atoms with Crippen molar-refractivity contribution >= 4 is 34.1 Å². The van der Waals surface area contributed by atoms with Crippen LogP contribution in [0.2, 0.25) is 0 Å². The molecular weight excluding hydrogens is 705 g/mol. The van der Waals surface area contributed by atoms with Gasteiger partial charge < -0.3 is 34.1 Å². The minimum atomic E-state index is -1.91. The molecule has 4 aliphatic carbocycles. The third kappa shape index (κ3) is 5.29. The Labute approximate surface area is 321 Å². The van der Waals surface area contributed by atoms with Gasteiger partial charge in [-0.05, 0) is 109 Å². The Morgan fingerprint density at radius 2 is 1.75 bits per heavy atom. The van der Waals surface area contributed by atoms with E-state index >= 15 is 4.39 Å². The van der Waals surface area contributed by atoms with E-state index in [-0.39, 0.29) is 76.7 Å². The third-order valence-electron chi connectivity index (χ3n) is 15.2. The molecule has 2 aliphatic heterocycles. The number of aliphatic hydroxyl groups excluding tert-OH is 1. The first-order valence-electron chi connectivity index (χ1n) is 20.2. The number of ether oxygens (including phenoxy) is 2. The van der Waals surface area contributed by atoms with Crippen molar-refractivity contribution in [1.29, 1.82) is 0 Å². The lowest BCUT2D eigenvalue weighted by atomic mass is 9.45. The molecule has 8 atom stereocenters. The number of anilines is 1. The lowest BCUT2D eigenvalue weighted by molar-refractivity contribution is -0.190. The highest BCUT2D eigenvalue weighted by Crippen LogP contribution is 2.68. The normalized spacial score (nSPS) is 34.7. The zero-order valence-corrected chi connectivity index (χ0v) is 33.5. The van der Waals surface area contributed by atoms with Crippen molar-refractivity contribution < 1.29 is 38.5 Å². The Morgan fingerprint density at radius 1 is 1.05 bits per heavy atom. The number of hydrogen-bond donors (Lipinski definition) is 2. The van der Waals surface area contributed by atoms with Crippen LogP contribution in [0.25, 0.3) is 10.9 Å². The summed E-state index contributed by atoms with van der Waals surface area (Å²) in [5.41, 5.74) is -3.77. The van der Waals surface area contributed by atoms with Crippen molar-refractivity contribution in [2.45, 2.75) is 117 Å². The molecule has 1 aromatic heterocycles. The van der Waals surface area contributed by atoms with Crippen molar-refractivity contribution in [2.24, 2.45) is 28.6 Å². The zero-order chi connectivity index (χ0) is 39.7. The molecule has 298 valence electrons. The number of aromatic nitrogens is 1. The smallest absolute Gasteiger partial charge is 0.344 e. The first kappa shape index (κ1) is 38.3. The number of nitrogens with zero attached hydrogens (tertiary/aromatic N) is 3. The maximum absolute atomic E-state index is 16.4. The average molecular weight is 762 g/mol. The highest BCUT2D eigenvalue weighted by Gasteiger charge is 2.70. The van der Waals surface area contributed by atoms with Crippen molar-refractivity contribution in [2.75, 3.05) is 44.7 Å². The number of aryl methyl sites for hydroxylation is 1. The Bertz CT molecular complexity index is 2120. The summed E-state index contributed by atoms with van der Waals surface area (Å²) in [6.07, 6.45) is 4.52. The molecule has 55 heavy (non-hydrogen) atoms. The fraction of sp³-hybridized carbons (Fsp3) is 0.674. The van der Waals surface area contributed by atoms with Crippen molar-refractivity contribution in [3.8, 4) is 5.75 Å². The quantitative estimate of drug-likeness (QED) is 0.391. The van der Waals surface area contributed by atoms with E-state index in [0.29, 0.717) is 49.2 Å². The molecule has 8 rings (SSSR count). The van der Waals surface area contributed by atoms with Gasteiger partial charge in [-0.25, -0.2) is 9.18 Å². The number of carbonyl (C=O) groups excluding carboxylic acids is 3. The number of fused-ring (bicyclic) bond motifs is 5. The molecule has 11 nitrogen and oxygen atoms in total. The van der Waals surface area contributed by atoms with Gasteiger partial charge in [-0.15, -0.1) is 0 Å². The molecule has 1 aromatic carbocycles. The van der Waals surface area contributed by atoms with Gasteiger partial charge in [-0.1, -0.05) is 19.4 Å². The largest absolute Gasteiger partial charge is 0.487 e. The number of benzene rings is 1. The Hall–Kier alpha value is -3.61. The van der Waals surface area contributed by atoms with E-state index in [2.05, 4.69) is 11.8 Å². The maximum Gasteiger partial charge on any atom is 0.344 e. The molecule has 0 amide bonds. The summed E-state index contributed by atoms with van der Waals surface area (Å²) >= 11 is 0. The second-order valence-electron chi connectivity index (χ2n) is 18.7. The predicted molar refractivity (Wildman–Crippen MR) is 205 cm³/mol. The fourth-order valence-electron chi connectivity index (χ4n) is 12.3. The molecule has 1 saturated heterocycles. The van der Waals surface area contributed by atoms with Gasteiger partial charge in [0.1, 0.15) is 23.5 Å². The lowest BCUT2D eigenvalue weighted by Gasteiger charge is -2.60. The van der Waals surface area contributed by atoms with Gasteiger partial charge in [0.25, 0.3) is 0 Å². The summed E-state index contributed by atoms with van der Waals surface area (Å²) in [6, 6.07) is -0.303. The Balaban J connectivity index is 1.12. The summed E-state index contributed by atoms with van der Waals surface area (Å²) in [5.74, 6) is -1.95. The van der Waals surface area contributed by atoms with Gasteiger partial charge in [0, 0.05) is 49.3 Å². The molecule has 3 saturated carbocycles. The van der Waals surface area contributed by atoms with E-state index < -0.39 is 45.7 Å². The molecule has 12 heteroatoms. The monoisotopic (exact) mass is 761 g/mol. The highest BCUT2D eigenvalue weighted by atomic mass is 19.1. The standard InChI is InChI=1S/C43H56FN3O8/c1-22-21-54-37-34-30(23(2)33(44)35(37)46-17-15-45(8)16-18-46)36(50)31(24(3)47(22)34)38(51)55-40(4,5)39(52)43(53)14-12-28-27-10-9-25-19-26(48)11-13-41(25,6)32(27)29(49)20-42(28,43)7/h19,22,27-29,32,49,53H,9-18,20-21H2,1-8H3/t22-,27-,28-,29-,32+,41-,42-,43-/m0/s1. The van der Waals surface area contributed by atoms with Gasteiger partial charge in [0.05, 0.1) is 23.0 Å². The van der Waals surface area contributed by atoms with E-state index in [9.17, 15) is 29.4 Å². The topological polar surface area (TPSA) is 139 Å². The van der Waals surface area contributed by atoms with E-state index in [1.54, 1.807) is 19.9 Å². The van der Waals surface area contributed by atoms with Gasteiger partial charge in [0.15, 0.2) is 23.0 Å². The van der Waals surface area contributed by atoms with Crippen LogP contribution in [0.15, 0.2) is 16.4 Å². The van der Waals surface area contributed by atoms with Crippen LogP contribution in [0.5, 0.6) is 5.75 Å². The third-order valence-corrected chi connectivity index (χ3v) is 15.2. The summed E-state index contributed by atoms with van der Waals surface area (Å²) < 4.78 is 30.5. The number of hydrogen-bond acceptors (Lipinski definition) is 10. The molecule has 0 unspecified atom stereocenters. The predicted octanol–water partition coefficient (Wildman–Crippen LogP) is 5.20. The van der Waals surface area contributed by atoms with Crippen LogP contribution in [0.3, 0.4) is 0 Å². The van der Waals surface area contributed by atoms with Gasteiger partial charge in [-0.2, -0.15) is 0 Å². The van der Waals surface area contributed by atoms with Crippen LogP contribution < -0.4 is 15.1 Å². The van der Waals surface area contributed by atoms with E-state index in [1.807, 2.05) is 30.4 Å². The van der Waals surface area contributed by atoms with Gasteiger partial charge in [-0.3, -0.25) is 14.4 Å². The summed E-state index contributed by atoms with van der Waals surface area (Å²) in [4.78, 5) is 59.9. The van der Waals surface area contributed by atoms with Gasteiger partial charge in [0.2, 0.25) is 11.2 Å². The van der Waals surface area contributed by atoms with Crippen molar-refractivity contribution in [1.82, 2.24) is 9.47 Å². The highest BCUT2D eigenvalue weighted by molar-refractivity contribution is 6.03. The number of Topliss-reactive ketones (excluding diaryl/α,β-unsaturated/α-hetero) is 1. The Kier molecular flexibility index (Phi) is 8.84. The number of pyridine rings is 1. The number of aliphatic hydroxyl groups is 2. The first-order valence-corrected chi connectivity index (χ1v) is 20.2. The lowest BCUT2D eigenvalue weighted by Crippen LogP contribution is -2.64. The zero-order valence-electron chi connectivity index (χ0n) is 33.5. The first-order chi connectivity index (χ1) is 25.8. The van der Waals surface area contributed by atoms with Crippen LogP contribution in [0, 0.1) is 48.2 Å². The molecule has 0 spiro atoms. The second kappa shape index (κ2) is 12.7. The van der Waals surface area contributed by atoms with Crippen LogP contribution in [0.4, 0.5) is 10.1 Å². The number of esters is 1. The number of likely N-dealkylation sites (N-methyl/N-ethyl adjacent to an activating group) is 1. The second-order valence-corrected chi connectivity index (χ2v) is 18.7. The Morgan fingerprint density at radius 3 is 2.44 bits per heavy atom. The number of rotatable bonds is 5. The summed E-state index contributed by atoms with van der Waals surface area (Å²) in [5, 5.41) is 24.5. The van der Waals surface area contributed by atoms with Crippen LogP contribution in [0.1, 0.15) is 107 Å². The molecule has 0 radical (unpaired) electrons. The van der Waals surface area contributed by atoms with Gasteiger partial charge >= 0.3 is 5.97 Å². The van der Waals surface area contributed by atoms with Crippen LogP contribution in [-0.4, -0.2) is 94.4 Å². The van der Waals surface area contributed by atoms with E-state index in [1.165, 1.54) is 13.8 Å².